The van der Waals surface area contributed by atoms with Crippen molar-refractivity contribution in [2.75, 3.05) is 32.8 Å². The first-order valence-corrected chi connectivity index (χ1v) is 7.88. The van der Waals surface area contributed by atoms with Crippen LogP contribution in [0.5, 0.6) is 0 Å². The number of aromatic nitrogens is 1. The van der Waals surface area contributed by atoms with Gasteiger partial charge in [0.2, 0.25) is 0 Å². The topological polar surface area (TPSA) is 37.4 Å². The van der Waals surface area contributed by atoms with E-state index in [1.54, 1.807) is 6.07 Å². The minimum Gasteiger partial charge on any atom is -0.377 e. The molecule has 0 radical (unpaired) electrons. The predicted octanol–water partition coefficient (Wildman–Crippen LogP) is 2.37. The summed E-state index contributed by atoms with van der Waals surface area (Å²) in [6.45, 7) is 9.01. The number of rotatable bonds is 6. The van der Waals surface area contributed by atoms with Crippen LogP contribution in [0.4, 0.5) is 4.39 Å². The highest BCUT2D eigenvalue weighted by molar-refractivity contribution is 5.10. The van der Waals surface area contributed by atoms with Crippen molar-refractivity contribution in [1.82, 2.24) is 15.2 Å². The Morgan fingerprint density at radius 1 is 1.52 bits per heavy atom. The van der Waals surface area contributed by atoms with E-state index in [0.717, 1.165) is 51.3 Å². The summed E-state index contributed by atoms with van der Waals surface area (Å²) < 4.78 is 18.7. The molecule has 0 aliphatic carbocycles. The third kappa shape index (κ3) is 5.34. The van der Waals surface area contributed by atoms with Crippen molar-refractivity contribution >= 4 is 0 Å². The highest BCUT2D eigenvalue weighted by Gasteiger charge is 2.18. The summed E-state index contributed by atoms with van der Waals surface area (Å²) >= 11 is 0. The third-order valence-corrected chi connectivity index (χ3v) is 3.83. The zero-order chi connectivity index (χ0) is 15.1. The highest BCUT2D eigenvalue weighted by Crippen LogP contribution is 2.16. The van der Waals surface area contributed by atoms with Gasteiger partial charge in [-0.1, -0.05) is 6.92 Å². The summed E-state index contributed by atoms with van der Waals surface area (Å²) in [5, 5.41) is 3.44. The van der Waals surface area contributed by atoms with Crippen molar-refractivity contribution in [3.8, 4) is 0 Å². The van der Waals surface area contributed by atoms with E-state index in [9.17, 15) is 4.39 Å². The fourth-order valence-corrected chi connectivity index (χ4v) is 2.79. The smallest absolute Gasteiger partial charge is 0.141 e. The van der Waals surface area contributed by atoms with Crippen LogP contribution < -0.4 is 5.32 Å². The fraction of sp³-hybridized carbons (Fsp3) is 0.688. The molecule has 4 nitrogen and oxygen atoms in total. The van der Waals surface area contributed by atoms with Crippen molar-refractivity contribution < 1.29 is 9.13 Å². The maximum absolute atomic E-state index is 13.0. The van der Waals surface area contributed by atoms with Crippen molar-refractivity contribution in [3.05, 3.63) is 29.8 Å². The van der Waals surface area contributed by atoms with E-state index < -0.39 is 0 Å². The molecule has 21 heavy (non-hydrogen) atoms. The van der Waals surface area contributed by atoms with E-state index >= 15 is 0 Å². The molecule has 1 fully saturated rings. The second-order valence-corrected chi connectivity index (χ2v) is 5.64. The molecular formula is C16H26FN3O. The van der Waals surface area contributed by atoms with Crippen LogP contribution >= 0.6 is 0 Å². The molecule has 2 atom stereocenters. The normalized spacial score (nSPS) is 22.0. The molecule has 2 heterocycles. The minimum absolute atomic E-state index is 0.176. The Bertz CT molecular complexity index is 412. The second-order valence-electron chi connectivity index (χ2n) is 5.64. The van der Waals surface area contributed by atoms with E-state index in [1.165, 1.54) is 12.3 Å². The van der Waals surface area contributed by atoms with Crippen LogP contribution in [0.2, 0.25) is 0 Å². The van der Waals surface area contributed by atoms with Gasteiger partial charge in [0.15, 0.2) is 0 Å². The molecule has 1 saturated heterocycles. The van der Waals surface area contributed by atoms with E-state index in [0.29, 0.717) is 6.10 Å². The maximum Gasteiger partial charge on any atom is 0.141 e. The van der Waals surface area contributed by atoms with Gasteiger partial charge in [-0.15, -0.1) is 0 Å². The van der Waals surface area contributed by atoms with Crippen LogP contribution in [0.25, 0.3) is 0 Å². The first-order chi connectivity index (χ1) is 10.2. The summed E-state index contributed by atoms with van der Waals surface area (Å²) in [6.07, 6.45) is 3.65. The van der Waals surface area contributed by atoms with Gasteiger partial charge in [0.1, 0.15) is 5.82 Å². The van der Waals surface area contributed by atoms with E-state index in [1.807, 2.05) is 0 Å². The second kappa shape index (κ2) is 8.41. The Hall–Kier alpha value is -1.04. The van der Waals surface area contributed by atoms with Gasteiger partial charge in [-0.25, -0.2) is 4.39 Å². The Morgan fingerprint density at radius 2 is 2.38 bits per heavy atom. The summed E-state index contributed by atoms with van der Waals surface area (Å²) in [5.74, 6) is -0.285. The molecule has 1 aliphatic heterocycles. The molecule has 0 saturated carbocycles. The van der Waals surface area contributed by atoms with Gasteiger partial charge in [0, 0.05) is 26.2 Å². The van der Waals surface area contributed by atoms with Gasteiger partial charge in [0.05, 0.1) is 24.0 Å². The highest BCUT2D eigenvalue weighted by atomic mass is 19.1. The number of ether oxygens (including phenoxy) is 1. The lowest BCUT2D eigenvalue weighted by atomic mass is 10.1. The van der Waals surface area contributed by atoms with Gasteiger partial charge in [-0.2, -0.15) is 0 Å². The van der Waals surface area contributed by atoms with Crippen LogP contribution in [-0.2, 0) is 4.74 Å². The van der Waals surface area contributed by atoms with Crippen LogP contribution in [0.15, 0.2) is 18.3 Å². The molecule has 1 aromatic rings. The molecule has 2 rings (SSSR count). The van der Waals surface area contributed by atoms with Crippen LogP contribution in [-0.4, -0.2) is 48.8 Å². The first kappa shape index (κ1) is 16.3. The van der Waals surface area contributed by atoms with Gasteiger partial charge < -0.3 is 15.0 Å². The van der Waals surface area contributed by atoms with Crippen LogP contribution in [0, 0.1) is 5.82 Å². The molecule has 1 N–H and O–H groups in total. The average molecular weight is 295 g/mol. The Morgan fingerprint density at radius 3 is 3.10 bits per heavy atom. The number of hydrogen-bond acceptors (Lipinski definition) is 4. The Labute approximate surface area is 126 Å². The molecule has 1 aliphatic rings. The summed E-state index contributed by atoms with van der Waals surface area (Å²) in [7, 11) is 0. The number of nitrogens with zero attached hydrogens (tertiary/aromatic N) is 2. The van der Waals surface area contributed by atoms with Gasteiger partial charge in [0.25, 0.3) is 0 Å². The van der Waals surface area contributed by atoms with Gasteiger partial charge in [-0.3, -0.25) is 4.98 Å². The summed E-state index contributed by atoms with van der Waals surface area (Å²) in [6, 6.07) is 3.43. The fourth-order valence-electron chi connectivity index (χ4n) is 2.79. The largest absolute Gasteiger partial charge is 0.377 e. The van der Waals surface area contributed by atoms with Gasteiger partial charge >= 0.3 is 0 Å². The predicted molar refractivity (Wildman–Crippen MR) is 81.7 cm³/mol. The van der Waals surface area contributed by atoms with E-state index in [4.69, 9.17) is 4.74 Å². The quantitative estimate of drug-likeness (QED) is 0.874. The molecule has 5 heteroatoms. The van der Waals surface area contributed by atoms with Gasteiger partial charge in [-0.05, 0) is 38.4 Å². The maximum atomic E-state index is 13.0. The zero-order valence-corrected chi connectivity index (χ0v) is 13.0. The lowest BCUT2D eigenvalue weighted by molar-refractivity contribution is 0.0672. The van der Waals surface area contributed by atoms with E-state index in [-0.39, 0.29) is 11.9 Å². The molecule has 2 unspecified atom stereocenters. The number of halogens is 1. The SMILES string of the molecule is CCNC(CCN1CCCOC(C)C1)c1ccc(F)cn1. The molecule has 0 spiro atoms. The van der Waals surface area contributed by atoms with Crippen molar-refractivity contribution in [2.24, 2.45) is 0 Å². The third-order valence-electron chi connectivity index (χ3n) is 3.83. The monoisotopic (exact) mass is 295 g/mol. The number of hydrogen-bond donors (Lipinski definition) is 1. The molecule has 1 aromatic heterocycles. The van der Waals surface area contributed by atoms with Crippen molar-refractivity contribution in [1.29, 1.82) is 0 Å². The Kier molecular flexibility index (Phi) is 6.54. The van der Waals surface area contributed by atoms with Crippen molar-refractivity contribution in [3.63, 3.8) is 0 Å². The molecular weight excluding hydrogens is 269 g/mol. The molecule has 118 valence electrons. The first-order valence-electron chi connectivity index (χ1n) is 7.88. The standard InChI is InChI=1S/C16H26FN3O/c1-3-18-16(15-6-5-14(17)11-19-15)7-9-20-8-4-10-21-13(2)12-20/h5-6,11,13,16,18H,3-4,7-10,12H2,1-2H3. The van der Waals surface area contributed by atoms with Crippen LogP contribution in [0.3, 0.4) is 0 Å². The van der Waals surface area contributed by atoms with Crippen LogP contribution in [0.1, 0.15) is 38.4 Å². The lowest BCUT2D eigenvalue weighted by Gasteiger charge is -2.25. The summed E-state index contributed by atoms with van der Waals surface area (Å²) in [4.78, 5) is 6.66. The molecule has 0 bridgehead atoms. The number of pyridine rings is 1. The molecule has 0 amide bonds. The average Bonchev–Trinajstić information content (AvgIpc) is 2.69. The minimum atomic E-state index is -0.285. The van der Waals surface area contributed by atoms with E-state index in [2.05, 4.69) is 29.0 Å². The molecule has 0 aromatic carbocycles. The van der Waals surface area contributed by atoms with Crippen molar-refractivity contribution in [2.45, 2.75) is 38.8 Å². The Balaban J connectivity index is 1.91. The number of nitrogens with one attached hydrogen (secondary N) is 1. The summed E-state index contributed by atoms with van der Waals surface area (Å²) in [5.41, 5.74) is 0.914. The zero-order valence-electron chi connectivity index (χ0n) is 13.0. The lowest BCUT2D eigenvalue weighted by Crippen LogP contribution is -2.34.